The molecule has 0 radical (unpaired) electrons. The first-order valence-corrected chi connectivity index (χ1v) is 6.62. The Morgan fingerprint density at radius 2 is 1.95 bits per heavy atom. The van der Waals surface area contributed by atoms with Crippen LogP contribution in [-0.2, 0) is 4.79 Å². The quantitative estimate of drug-likeness (QED) is 0.803. The number of carboxylic acid groups (broad SMARTS) is 1. The molecule has 0 aliphatic rings. The molecule has 0 aromatic heterocycles. The number of hydrogen-bond donors (Lipinski definition) is 2. The molecule has 5 heteroatoms. The van der Waals surface area contributed by atoms with E-state index in [4.69, 9.17) is 9.84 Å². The van der Waals surface area contributed by atoms with Gasteiger partial charge >= 0.3 is 5.97 Å². The van der Waals surface area contributed by atoms with Crippen LogP contribution in [0.3, 0.4) is 0 Å². The molecule has 0 atom stereocenters. The Labute approximate surface area is 118 Å². The van der Waals surface area contributed by atoms with Gasteiger partial charge in [-0.2, -0.15) is 0 Å². The molecule has 0 heterocycles. The highest BCUT2D eigenvalue weighted by Crippen LogP contribution is 2.20. The number of benzene rings is 1. The van der Waals surface area contributed by atoms with Crippen molar-refractivity contribution in [3.05, 3.63) is 29.8 Å². The second-order valence-electron chi connectivity index (χ2n) is 5.12. The van der Waals surface area contributed by atoms with Gasteiger partial charge in [0.15, 0.2) is 0 Å². The molecule has 0 aliphatic carbocycles. The van der Waals surface area contributed by atoms with E-state index in [9.17, 15) is 9.59 Å². The minimum absolute atomic E-state index is 0.254. The normalized spacial score (nSPS) is 10.9. The van der Waals surface area contributed by atoms with E-state index in [-0.39, 0.29) is 5.91 Å². The smallest absolute Gasteiger partial charge is 0.309 e. The molecule has 0 saturated heterocycles. The van der Waals surface area contributed by atoms with E-state index in [1.165, 1.54) is 0 Å². The molecule has 1 aromatic rings. The lowest BCUT2D eigenvalue weighted by atomic mass is 9.90. The Hall–Kier alpha value is -2.04. The van der Waals surface area contributed by atoms with Gasteiger partial charge in [0, 0.05) is 6.54 Å². The number of carboxylic acids is 1. The fraction of sp³-hybridized carbons (Fsp3) is 0.467. The molecule has 0 saturated carbocycles. The van der Waals surface area contributed by atoms with Gasteiger partial charge in [-0.15, -0.1) is 0 Å². The first-order chi connectivity index (χ1) is 9.38. The third-order valence-electron chi connectivity index (χ3n) is 3.05. The predicted octanol–water partition coefficient (Wildman–Crippen LogP) is 2.32. The number of carbonyl (C=O) groups is 2. The third-order valence-corrected chi connectivity index (χ3v) is 3.05. The van der Waals surface area contributed by atoms with Crippen molar-refractivity contribution in [2.24, 2.45) is 5.41 Å². The summed E-state index contributed by atoms with van der Waals surface area (Å²) in [6.45, 7) is 5.91. The molecule has 0 spiro atoms. The molecule has 20 heavy (non-hydrogen) atoms. The Morgan fingerprint density at radius 3 is 2.55 bits per heavy atom. The van der Waals surface area contributed by atoms with Gasteiger partial charge in [-0.1, -0.05) is 12.1 Å². The molecule has 0 unspecified atom stereocenters. The summed E-state index contributed by atoms with van der Waals surface area (Å²) in [6.07, 6.45) is 0.366. The first kappa shape index (κ1) is 16.0. The van der Waals surface area contributed by atoms with E-state index in [2.05, 4.69) is 5.32 Å². The number of carbonyl (C=O) groups excluding carboxylic acids is 1. The molecule has 1 aromatic carbocycles. The Balaban J connectivity index is 2.62. The van der Waals surface area contributed by atoms with E-state index < -0.39 is 11.4 Å². The topological polar surface area (TPSA) is 75.6 Å². The van der Waals surface area contributed by atoms with Crippen LogP contribution in [0.1, 0.15) is 37.6 Å². The zero-order valence-corrected chi connectivity index (χ0v) is 12.1. The van der Waals surface area contributed by atoms with E-state index >= 15 is 0 Å². The maximum atomic E-state index is 12.1. The summed E-state index contributed by atoms with van der Waals surface area (Å²) in [5.74, 6) is -0.596. The molecule has 0 aliphatic heterocycles. The number of rotatable bonds is 7. The summed E-state index contributed by atoms with van der Waals surface area (Å²) < 4.78 is 5.39. The van der Waals surface area contributed by atoms with Crippen molar-refractivity contribution in [1.82, 2.24) is 5.32 Å². The summed E-state index contributed by atoms with van der Waals surface area (Å²) in [6, 6.07) is 6.98. The van der Waals surface area contributed by atoms with Crippen LogP contribution in [0, 0.1) is 5.41 Å². The third kappa shape index (κ3) is 4.26. The largest absolute Gasteiger partial charge is 0.493 e. The van der Waals surface area contributed by atoms with E-state index in [0.29, 0.717) is 30.9 Å². The SMILES string of the molecule is CCOc1ccccc1C(=O)NCCC(C)(C)C(=O)O. The lowest BCUT2D eigenvalue weighted by Crippen LogP contribution is -2.32. The van der Waals surface area contributed by atoms with Gasteiger partial charge in [-0.05, 0) is 39.3 Å². The fourth-order valence-corrected chi connectivity index (χ4v) is 1.63. The van der Waals surface area contributed by atoms with Crippen molar-refractivity contribution >= 4 is 11.9 Å². The number of nitrogens with one attached hydrogen (secondary N) is 1. The standard InChI is InChI=1S/C15H21NO4/c1-4-20-12-8-6-5-7-11(12)13(17)16-10-9-15(2,3)14(18)19/h5-8H,4,9-10H2,1-3H3,(H,16,17)(H,18,19). The molecule has 0 bridgehead atoms. The highest BCUT2D eigenvalue weighted by Gasteiger charge is 2.26. The minimum Gasteiger partial charge on any atom is -0.493 e. The molecule has 1 amide bonds. The van der Waals surface area contributed by atoms with Crippen molar-refractivity contribution in [2.45, 2.75) is 27.2 Å². The summed E-state index contributed by atoms with van der Waals surface area (Å²) in [5.41, 5.74) is -0.394. The second kappa shape index (κ2) is 6.93. The van der Waals surface area contributed by atoms with Crippen LogP contribution < -0.4 is 10.1 Å². The van der Waals surface area contributed by atoms with Gasteiger partial charge in [0.1, 0.15) is 5.75 Å². The highest BCUT2D eigenvalue weighted by atomic mass is 16.5. The zero-order valence-electron chi connectivity index (χ0n) is 12.1. The first-order valence-electron chi connectivity index (χ1n) is 6.62. The maximum absolute atomic E-state index is 12.1. The minimum atomic E-state index is -0.874. The molecule has 2 N–H and O–H groups in total. The summed E-state index contributed by atoms with van der Waals surface area (Å²) >= 11 is 0. The average Bonchev–Trinajstić information content (AvgIpc) is 2.39. The van der Waals surface area contributed by atoms with Crippen molar-refractivity contribution in [1.29, 1.82) is 0 Å². The predicted molar refractivity (Wildman–Crippen MR) is 76.0 cm³/mol. The zero-order chi connectivity index (χ0) is 15.2. The summed E-state index contributed by atoms with van der Waals surface area (Å²) in [4.78, 5) is 23.0. The summed E-state index contributed by atoms with van der Waals surface area (Å²) in [7, 11) is 0. The van der Waals surface area contributed by atoms with Crippen LogP contribution in [0.2, 0.25) is 0 Å². The van der Waals surface area contributed by atoms with Gasteiger partial charge in [0.05, 0.1) is 17.6 Å². The lowest BCUT2D eigenvalue weighted by Gasteiger charge is -2.19. The number of ether oxygens (including phenoxy) is 1. The number of aliphatic carboxylic acids is 1. The Bertz CT molecular complexity index is 483. The van der Waals surface area contributed by atoms with Gasteiger partial charge < -0.3 is 15.2 Å². The van der Waals surface area contributed by atoms with Crippen molar-refractivity contribution in [3.63, 3.8) is 0 Å². The molecular weight excluding hydrogens is 258 g/mol. The lowest BCUT2D eigenvalue weighted by molar-refractivity contribution is -0.147. The van der Waals surface area contributed by atoms with Crippen LogP contribution >= 0.6 is 0 Å². The van der Waals surface area contributed by atoms with E-state index in [1.54, 1.807) is 38.1 Å². The van der Waals surface area contributed by atoms with Gasteiger partial charge in [-0.25, -0.2) is 0 Å². The Morgan fingerprint density at radius 1 is 1.30 bits per heavy atom. The summed E-state index contributed by atoms with van der Waals surface area (Å²) in [5, 5.41) is 11.7. The molecule has 110 valence electrons. The monoisotopic (exact) mass is 279 g/mol. The van der Waals surface area contributed by atoms with Crippen molar-refractivity contribution < 1.29 is 19.4 Å². The molecule has 1 rings (SSSR count). The highest BCUT2D eigenvalue weighted by molar-refractivity contribution is 5.96. The van der Waals surface area contributed by atoms with E-state index in [0.717, 1.165) is 0 Å². The second-order valence-corrected chi connectivity index (χ2v) is 5.12. The van der Waals surface area contributed by atoms with Crippen LogP contribution in [0.4, 0.5) is 0 Å². The molecular formula is C15H21NO4. The van der Waals surface area contributed by atoms with Crippen molar-refractivity contribution in [3.8, 4) is 5.75 Å². The van der Waals surface area contributed by atoms with Crippen molar-refractivity contribution in [2.75, 3.05) is 13.2 Å². The van der Waals surface area contributed by atoms with Crippen LogP contribution in [0.5, 0.6) is 5.75 Å². The number of amides is 1. The van der Waals surface area contributed by atoms with Crippen LogP contribution in [0.15, 0.2) is 24.3 Å². The van der Waals surface area contributed by atoms with E-state index in [1.807, 2.05) is 6.92 Å². The van der Waals surface area contributed by atoms with Gasteiger partial charge in [-0.3, -0.25) is 9.59 Å². The molecule has 0 fully saturated rings. The number of para-hydroxylation sites is 1. The average molecular weight is 279 g/mol. The van der Waals surface area contributed by atoms with Gasteiger partial charge in [0.25, 0.3) is 5.91 Å². The number of hydrogen-bond acceptors (Lipinski definition) is 3. The van der Waals surface area contributed by atoms with Crippen LogP contribution in [0.25, 0.3) is 0 Å². The van der Waals surface area contributed by atoms with Crippen LogP contribution in [-0.4, -0.2) is 30.1 Å². The maximum Gasteiger partial charge on any atom is 0.309 e. The fourth-order valence-electron chi connectivity index (χ4n) is 1.63. The molecule has 5 nitrogen and oxygen atoms in total. The van der Waals surface area contributed by atoms with Gasteiger partial charge in [0.2, 0.25) is 0 Å². The Kier molecular flexibility index (Phi) is 5.55.